The molecule has 21 heavy (non-hydrogen) atoms. The average Bonchev–Trinajstić information content (AvgIpc) is 2.97. The van der Waals surface area contributed by atoms with E-state index in [-0.39, 0.29) is 5.37 Å². The number of para-hydroxylation sites is 1. The molecular weight excluding hydrogens is 286 g/mol. The number of anilines is 1. The largest absolute Gasteiger partial charge is 0.493 e. The second-order valence-electron chi connectivity index (χ2n) is 4.60. The first kappa shape index (κ1) is 13.9. The number of nitrogens with one attached hydrogen (secondary N) is 1. The van der Waals surface area contributed by atoms with E-state index in [2.05, 4.69) is 17.4 Å². The van der Waals surface area contributed by atoms with Gasteiger partial charge in [0.15, 0.2) is 11.5 Å². The third-order valence-electron chi connectivity index (χ3n) is 3.41. The van der Waals surface area contributed by atoms with Crippen LogP contribution < -0.4 is 19.5 Å². The number of rotatable bonds is 4. The minimum Gasteiger partial charge on any atom is -0.493 e. The van der Waals surface area contributed by atoms with E-state index in [1.165, 1.54) is 4.90 Å². The minimum atomic E-state index is 0.135. The molecule has 2 aromatic carbocycles. The van der Waals surface area contributed by atoms with Crippen LogP contribution in [0, 0.1) is 0 Å². The van der Waals surface area contributed by atoms with E-state index in [1.807, 2.05) is 24.3 Å². The molecular formula is C16H17NO3S. The Hall–Kier alpha value is -2.01. The predicted octanol–water partition coefficient (Wildman–Crippen LogP) is 3.93. The van der Waals surface area contributed by atoms with Crippen molar-refractivity contribution in [3.05, 3.63) is 42.0 Å². The van der Waals surface area contributed by atoms with Gasteiger partial charge in [0.05, 0.1) is 21.3 Å². The molecule has 1 aliphatic rings. The smallest absolute Gasteiger partial charge is 0.203 e. The van der Waals surface area contributed by atoms with Gasteiger partial charge in [0.1, 0.15) is 5.37 Å². The van der Waals surface area contributed by atoms with Crippen LogP contribution in [0.4, 0.5) is 5.69 Å². The zero-order valence-electron chi connectivity index (χ0n) is 12.2. The zero-order chi connectivity index (χ0) is 14.8. The van der Waals surface area contributed by atoms with Gasteiger partial charge in [0.2, 0.25) is 5.75 Å². The van der Waals surface area contributed by atoms with Crippen LogP contribution in [0.15, 0.2) is 41.3 Å². The van der Waals surface area contributed by atoms with E-state index in [4.69, 9.17) is 14.2 Å². The van der Waals surface area contributed by atoms with Crippen molar-refractivity contribution in [1.29, 1.82) is 0 Å². The summed E-state index contributed by atoms with van der Waals surface area (Å²) in [5, 5.41) is 3.64. The molecule has 0 spiro atoms. The standard InChI is InChI=1S/C16H17NO3S/c1-18-12-8-10(9-13(19-2)15(12)20-3)16-17-11-6-4-5-7-14(11)21-16/h4-9,16-17H,1-3H3/t16-/m0/s1. The first-order valence-electron chi connectivity index (χ1n) is 6.59. The molecule has 0 unspecified atom stereocenters. The molecule has 1 heterocycles. The van der Waals surface area contributed by atoms with Crippen molar-refractivity contribution in [2.45, 2.75) is 10.3 Å². The number of hydrogen-bond donors (Lipinski definition) is 1. The number of thioether (sulfide) groups is 1. The lowest BCUT2D eigenvalue weighted by molar-refractivity contribution is 0.324. The molecule has 0 aliphatic carbocycles. The maximum atomic E-state index is 5.41. The van der Waals surface area contributed by atoms with E-state index in [0.717, 1.165) is 11.3 Å². The first-order chi connectivity index (χ1) is 10.3. The van der Waals surface area contributed by atoms with E-state index >= 15 is 0 Å². The highest BCUT2D eigenvalue weighted by Gasteiger charge is 2.25. The van der Waals surface area contributed by atoms with Crippen molar-refractivity contribution < 1.29 is 14.2 Å². The molecule has 0 radical (unpaired) electrons. The molecule has 0 fully saturated rings. The van der Waals surface area contributed by atoms with Gasteiger partial charge in [-0.25, -0.2) is 0 Å². The van der Waals surface area contributed by atoms with Gasteiger partial charge in [-0.3, -0.25) is 0 Å². The number of fused-ring (bicyclic) bond motifs is 1. The lowest BCUT2D eigenvalue weighted by Crippen LogP contribution is -2.03. The van der Waals surface area contributed by atoms with Gasteiger partial charge in [0, 0.05) is 10.6 Å². The van der Waals surface area contributed by atoms with Gasteiger partial charge in [-0.05, 0) is 29.8 Å². The molecule has 5 heteroatoms. The Kier molecular flexibility index (Phi) is 3.84. The normalized spacial score (nSPS) is 16.0. The third-order valence-corrected chi connectivity index (χ3v) is 4.64. The summed E-state index contributed by atoms with van der Waals surface area (Å²) >= 11 is 1.78. The van der Waals surface area contributed by atoms with Gasteiger partial charge in [-0.1, -0.05) is 23.9 Å². The van der Waals surface area contributed by atoms with Crippen LogP contribution in [0.5, 0.6) is 17.2 Å². The number of methoxy groups -OCH3 is 3. The van der Waals surface area contributed by atoms with Crippen LogP contribution in [0.1, 0.15) is 10.9 Å². The molecule has 1 atom stereocenters. The molecule has 0 amide bonds. The molecule has 2 aromatic rings. The highest BCUT2D eigenvalue weighted by molar-refractivity contribution is 8.00. The lowest BCUT2D eigenvalue weighted by atomic mass is 10.1. The van der Waals surface area contributed by atoms with E-state index in [0.29, 0.717) is 17.2 Å². The van der Waals surface area contributed by atoms with Gasteiger partial charge in [-0.15, -0.1) is 0 Å². The lowest BCUT2D eigenvalue weighted by Gasteiger charge is -2.17. The monoisotopic (exact) mass is 303 g/mol. The van der Waals surface area contributed by atoms with Gasteiger partial charge in [0.25, 0.3) is 0 Å². The van der Waals surface area contributed by atoms with E-state index < -0.39 is 0 Å². The Labute approximate surface area is 128 Å². The molecule has 1 aliphatic heterocycles. The van der Waals surface area contributed by atoms with Crippen molar-refractivity contribution in [2.24, 2.45) is 0 Å². The van der Waals surface area contributed by atoms with Crippen molar-refractivity contribution in [2.75, 3.05) is 26.6 Å². The summed E-state index contributed by atoms with van der Waals surface area (Å²) in [6.07, 6.45) is 0. The van der Waals surface area contributed by atoms with Gasteiger partial charge in [-0.2, -0.15) is 0 Å². The molecule has 0 bridgehead atoms. The fourth-order valence-corrected chi connectivity index (χ4v) is 3.51. The highest BCUT2D eigenvalue weighted by Crippen LogP contribution is 2.49. The Bertz CT molecular complexity index is 610. The SMILES string of the molecule is COc1cc([C@H]2Nc3ccccc3S2)cc(OC)c1OC. The quantitative estimate of drug-likeness (QED) is 0.926. The summed E-state index contributed by atoms with van der Waals surface area (Å²) in [7, 11) is 4.87. The van der Waals surface area contributed by atoms with Crippen molar-refractivity contribution in [3.8, 4) is 17.2 Å². The van der Waals surface area contributed by atoms with Crippen LogP contribution in [0.2, 0.25) is 0 Å². The third kappa shape index (κ3) is 2.49. The fourth-order valence-electron chi connectivity index (χ4n) is 2.39. The number of ether oxygens (including phenoxy) is 3. The van der Waals surface area contributed by atoms with Crippen LogP contribution in [0.25, 0.3) is 0 Å². The molecule has 0 saturated carbocycles. The average molecular weight is 303 g/mol. The maximum Gasteiger partial charge on any atom is 0.203 e. The van der Waals surface area contributed by atoms with Crippen LogP contribution in [-0.2, 0) is 0 Å². The zero-order valence-corrected chi connectivity index (χ0v) is 13.0. The van der Waals surface area contributed by atoms with Crippen LogP contribution in [0.3, 0.4) is 0 Å². The second kappa shape index (κ2) is 5.77. The summed E-state index contributed by atoms with van der Waals surface area (Å²) in [5.41, 5.74) is 2.24. The Morgan fingerprint density at radius 2 is 1.62 bits per heavy atom. The number of hydrogen-bond acceptors (Lipinski definition) is 5. The Morgan fingerprint density at radius 3 is 2.19 bits per heavy atom. The highest BCUT2D eigenvalue weighted by atomic mass is 32.2. The first-order valence-corrected chi connectivity index (χ1v) is 7.47. The summed E-state index contributed by atoms with van der Waals surface area (Å²) in [6.45, 7) is 0. The van der Waals surface area contributed by atoms with Gasteiger partial charge >= 0.3 is 0 Å². The molecule has 110 valence electrons. The van der Waals surface area contributed by atoms with Crippen LogP contribution in [-0.4, -0.2) is 21.3 Å². The maximum absolute atomic E-state index is 5.41. The topological polar surface area (TPSA) is 39.7 Å². The Balaban J connectivity index is 1.97. The van der Waals surface area contributed by atoms with E-state index in [9.17, 15) is 0 Å². The molecule has 3 rings (SSSR count). The van der Waals surface area contributed by atoms with Crippen molar-refractivity contribution in [3.63, 3.8) is 0 Å². The molecule has 0 saturated heterocycles. The summed E-state index contributed by atoms with van der Waals surface area (Å²) in [5.74, 6) is 1.96. The fraction of sp³-hybridized carbons (Fsp3) is 0.250. The number of benzene rings is 2. The van der Waals surface area contributed by atoms with Gasteiger partial charge < -0.3 is 19.5 Å². The van der Waals surface area contributed by atoms with Crippen LogP contribution >= 0.6 is 11.8 Å². The Morgan fingerprint density at radius 1 is 0.952 bits per heavy atom. The molecule has 0 aromatic heterocycles. The summed E-state index contributed by atoms with van der Waals surface area (Å²) in [4.78, 5) is 1.25. The molecule has 4 nitrogen and oxygen atoms in total. The van der Waals surface area contributed by atoms with E-state index in [1.54, 1.807) is 33.1 Å². The van der Waals surface area contributed by atoms with Crippen molar-refractivity contribution in [1.82, 2.24) is 0 Å². The summed E-state index contributed by atoms with van der Waals surface area (Å²) in [6, 6.07) is 12.2. The minimum absolute atomic E-state index is 0.135. The predicted molar refractivity (Wildman–Crippen MR) is 84.8 cm³/mol. The van der Waals surface area contributed by atoms with Crippen molar-refractivity contribution >= 4 is 17.4 Å². The molecule has 1 N–H and O–H groups in total. The second-order valence-corrected chi connectivity index (χ2v) is 5.74. The summed E-state index contributed by atoms with van der Waals surface area (Å²) < 4.78 is 16.2.